The van der Waals surface area contributed by atoms with Gasteiger partial charge in [-0.15, -0.1) is 0 Å². The summed E-state index contributed by atoms with van der Waals surface area (Å²) < 4.78 is 5.54. The summed E-state index contributed by atoms with van der Waals surface area (Å²) in [5.41, 5.74) is 4.56. The maximum absolute atomic E-state index is 12.6. The van der Waals surface area contributed by atoms with Crippen LogP contribution in [0.3, 0.4) is 0 Å². The molecule has 1 rings (SSSR count). The van der Waals surface area contributed by atoms with Crippen molar-refractivity contribution in [2.24, 2.45) is 4.99 Å². The van der Waals surface area contributed by atoms with Crippen LogP contribution in [0.15, 0.2) is 60.3 Å². The summed E-state index contributed by atoms with van der Waals surface area (Å²) in [5.74, 6) is 0.689. The van der Waals surface area contributed by atoms with Crippen LogP contribution in [-0.4, -0.2) is 37.8 Å². The zero-order chi connectivity index (χ0) is 22.7. The molecule has 0 aromatic heterocycles. The fourth-order valence-electron chi connectivity index (χ4n) is 3.11. The minimum absolute atomic E-state index is 0.303. The van der Waals surface area contributed by atoms with E-state index in [0.29, 0.717) is 22.8 Å². The Balaban J connectivity index is 3.46. The molecule has 0 spiro atoms. The van der Waals surface area contributed by atoms with Crippen molar-refractivity contribution in [1.29, 1.82) is 0 Å². The minimum atomic E-state index is -0.303. The molecule has 0 unspecified atom stereocenters. The molecular formula is C25H35N3O2. The van der Waals surface area contributed by atoms with Gasteiger partial charge in [-0.2, -0.15) is 0 Å². The smallest absolute Gasteiger partial charge is 0.258 e. The number of benzene rings is 1. The number of amides is 1. The van der Waals surface area contributed by atoms with Crippen LogP contribution in [-0.2, 0) is 4.79 Å². The molecule has 0 saturated heterocycles. The molecule has 0 aliphatic carbocycles. The fraction of sp³-hybridized carbons (Fsp3) is 0.360. The van der Waals surface area contributed by atoms with Crippen molar-refractivity contribution in [3.8, 4) is 5.75 Å². The highest BCUT2D eigenvalue weighted by molar-refractivity contribution is 6.11. The maximum atomic E-state index is 12.6. The van der Waals surface area contributed by atoms with E-state index in [1.54, 1.807) is 18.2 Å². The standard InChI is InChI=1S/C25H35N3O2/c1-9-13-20(14-10-2)21-15-16-22(30-8)24(18(21)5)26-23(12-4)27-25(29)19(11-3)17-28(6)7/h11-13,15-17H,3-4,9-10,14H2,1-2,5-8H3,(H,26,27,29)/b19-17+,20-13+. The molecule has 162 valence electrons. The Bertz CT molecular complexity index is 861. The van der Waals surface area contributed by atoms with Gasteiger partial charge in [0, 0.05) is 20.3 Å². The molecule has 0 radical (unpaired) electrons. The molecule has 0 fully saturated rings. The van der Waals surface area contributed by atoms with Crippen LogP contribution in [0.5, 0.6) is 5.75 Å². The lowest BCUT2D eigenvalue weighted by Gasteiger charge is -2.16. The van der Waals surface area contributed by atoms with E-state index >= 15 is 0 Å². The number of methoxy groups -OCH3 is 1. The highest BCUT2D eigenvalue weighted by Gasteiger charge is 2.15. The van der Waals surface area contributed by atoms with E-state index in [2.05, 4.69) is 49.5 Å². The third-order valence-corrected chi connectivity index (χ3v) is 4.48. The van der Waals surface area contributed by atoms with Crippen LogP contribution in [0.4, 0.5) is 5.69 Å². The molecule has 0 aliphatic heterocycles. The number of rotatable bonds is 10. The summed E-state index contributed by atoms with van der Waals surface area (Å²) in [6, 6.07) is 4.00. The number of nitrogens with zero attached hydrogens (tertiary/aromatic N) is 2. The van der Waals surface area contributed by atoms with E-state index in [-0.39, 0.29) is 5.91 Å². The first kappa shape index (κ1) is 25.0. The predicted octanol–water partition coefficient (Wildman–Crippen LogP) is 5.56. The Hall–Kier alpha value is -3.08. The summed E-state index contributed by atoms with van der Waals surface area (Å²) in [6.07, 6.45) is 10.0. The number of hydrogen-bond donors (Lipinski definition) is 1. The van der Waals surface area contributed by atoms with Gasteiger partial charge in [-0.1, -0.05) is 51.6 Å². The zero-order valence-corrected chi connectivity index (χ0v) is 19.2. The first-order valence-corrected chi connectivity index (χ1v) is 10.2. The van der Waals surface area contributed by atoms with E-state index < -0.39 is 0 Å². The van der Waals surface area contributed by atoms with Crippen molar-refractivity contribution < 1.29 is 9.53 Å². The average molecular weight is 410 g/mol. The average Bonchev–Trinajstić information content (AvgIpc) is 2.72. The number of amidine groups is 1. The zero-order valence-electron chi connectivity index (χ0n) is 19.2. The van der Waals surface area contributed by atoms with Crippen molar-refractivity contribution in [1.82, 2.24) is 10.2 Å². The molecule has 1 N–H and O–H groups in total. The Morgan fingerprint density at radius 1 is 1.23 bits per heavy atom. The summed E-state index contributed by atoms with van der Waals surface area (Å²) in [5, 5.41) is 2.81. The van der Waals surface area contributed by atoms with E-state index in [9.17, 15) is 4.79 Å². The number of nitrogens with one attached hydrogen (secondary N) is 1. The van der Waals surface area contributed by atoms with Gasteiger partial charge < -0.3 is 15.0 Å². The van der Waals surface area contributed by atoms with Crippen LogP contribution in [0, 0.1) is 6.92 Å². The molecular weight excluding hydrogens is 374 g/mol. The van der Waals surface area contributed by atoms with Crippen molar-refractivity contribution in [2.75, 3.05) is 21.2 Å². The number of carbonyl (C=O) groups excluding carboxylic acids is 1. The van der Waals surface area contributed by atoms with Crippen LogP contribution >= 0.6 is 0 Å². The number of hydrogen-bond acceptors (Lipinski definition) is 4. The Labute approximate surface area is 181 Å². The first-order valence-electron chi connectivity index (χ1n) is 10.2. The maximum Gasteiger partial charge on any atom is 0.258 e. The molecule has 1 amide bonds. The molecule has 1 aromatic carbocycles. The summed E-state index contributed by atoms with van der Waals surface area (Å²) in [7, 11) is 5.30. The fourth-order valence-corrected chi connectivity index (χ4v) is 3.11. The number of carbonyl (C=O) groups is 1. The normalized spacial score (nSPS) is 12.4. The van der Waals surface area contributed by atoms with Gasteiger partial charge >= 0.3 is 0 Å². The highest BCUT2D eigenvalue weighted by Crippen LogP contribution is 2.37. The monoisotopic (exact) mass is 409 g/mol. The molecule has 0 heterocycles. The molecule has 0 saturated carbocycles. The van der Waals surface area contributed by atoms with Gasteiger partial charge in [-0.25, -0.2) is 4.99 Å². The third-order valence-electron chi connectivity index (χ3n) is 4.48. The second kappa shape index (κ2) is 12.5. The van der Waals surface area contributed by atoms with Gasteiger partial charge in [0.05, 0.1) is 12.7 Å². The van der Waals surface area contributed by atoms with Gasteiger partial charge in [0.2, 0.25) is 0 Å². The van der Waals surface area contributed by atoms with Crippen LogP contribution < -0.4 is 10.1 Å². The Morgan fingerprint density at radius 2 is 1.93 bits per heavy atom. The van der Waals surface area contributed by atoms with Gasteiger partial charge in [0.15, 0.2) is 0 Å². The van der Waals surface area contributed by atoms with Crippen LogP contribution in [0.25, 0.3) is 5.57 Å². The number of ether oxygens (including phenoxy) is 1. The molecule has 0 aliphatic rings. The lowest BCUT2D eigenvalue weighted by Crippen LogP contribution is -2.30. The molecule has 5 nitrogen and oxygen atoms in total. The summed E-state index contributed by atoms with van der Waals surface area (Å²) >= 11 is 0. The largest absolute Gasteiger partial charge is 0.494 e. The lowest BCUT2D eigenvalue weighted by atomic mass is 9.94. The highest BCUT2D eigenvalue weighted by atomic mass is 16.5. The first-order chi connectivity index (χ1) is 14.3. The Kier molecular flexibility index (Phi) is 10.4. The molecule has 5 heteroatoms. The molecule has 0 bridgehead atoms. The topological polar surface area (TPSA) is 53.9 Å². The van der Waals surface area contributed by atoms with Gasteiger partial charge in [-0.3, -0.25) is 4.79 Å². The summed E-state index contributed by atoms with van der Waals surface area (Å²) in [6.45, 7) is 13.9. The van der Waals surface area contributed by atoms with Gasteiger partial charge in [-0.05, 0) is 48.6 Å². The molecule has 0 atom stereocenters. The summed E-state index contributed by atoms with van der Waals surface area (Å²) in [4.78, 5) is 19.1. The van der Waals surface area contributed by atoms with Crippen LogP contribution in [0.2, 0.25) is 0 Å². The van der Waals surface area contributed by atoms with E-state index in [0.717, 1.165) is 30.4 Å². The van der Waals surface area contributed by atoms with E-state index in [1.807, 2.05) is 27.1 Å². The second-order valence-corrected chi connectivity index (χ2v) is 7.08. The lowest BCUT2D eigenvalue weighted by molar-refractivity contribution is -0.115. The van der Waals surface area contributed by atoms with E-state index in [1.165, 1.54) is 17.7 Å². The van der Waals surface area contributed by atoms with Gasteiger partial charge in [0.1, 0.15) is 17.3 Å². The van der Waals surface area contributed by atoms with E-state index in [4.69, 9.17) is 4.74 Å². The van der Waals surface area contributed by atoms with Crippen LogP contribution in [0.1, 0.15) is 44.2 Å². The van der Waals surface area contributed by atoms with Gasteiger partial charge in [0.25, 0.3) is 5.91 Å². The second-order valence-electron chi connectivity index (χ2n) is 7.08. The molecule has 1 aromatic rings. The number of allylic oxidation sites excluding steroid dienone is 2. The minimum Gasteiger partial charge on any atom is -0.494 e. The predicted molar refractivity (Wildman–Crippen MR) is 128 cm³/mol. The SMILES string of the molecule is C=CC(=Nc1c(OC)ccc(/C(=C/CC)CCC)c1C)NC(=O)/C(C=C)=C/N(C)C. The Morgan fingerprint density at radius 3 is 2.43 bits per heavy atom. The molecule has 30 heavy (non-hydrogen) atoms. The van der Waals surface area contributed by atoms with Crippen molar-refractivity contribution in [2.45, 2.75) is 40.0 Å². The number of aliphatic imine (C=N–C) groups is 1. The van der Waals surface area contributed by atoms with Crippen molar-refractivity contribution >= 4 is 23.0 Å². The van der Waals surface area contributed by atoms with Crippen molar-refractivity contribution in [3.63, 3.8) is 0 Å². The quantitative estimate of drug-likeness (QED) is 0.238. The third kappa shape index (κ3) is 6.76. The van der Waals surface area contributed by atoms with Crippen molar-refractivity contribution in [3.05, 3.63) is 66.4 Å².